The number of hydrogen-bond acceptors (Lipinski definition) is 6. The molecule has 2 aliphatic rings. The molecule has 0 aromatic heterocycles. The van der Waals surface area contributed by atoms with E-state index in [1.54, 1.807) is 41.9 Å². The van der Waals surface area contributed by atoms with Crippen LogP contribution in [0.1, 0.15) is 36.8 Å². The maximum absolute atomic E-state index is 13.0. The topological polar surface area (TPSA) is 126 Å². The largest absolute Gasteiger partial charge is 0.494 e. The molecule has 2 aliphatic heterocycles. The van der Waals surface area contributed by atoms with Crippen LogP contribution in [0.3, 0.4) is 0 Å². The molecule has 2 atom stereocenters. The minimum absolute atomic E-state index is 0.169. The van der Waals surface area contributed by atoms with Crippen molar-refractivity contribution in [1.29, 1.82) is 0 Å². The highest BCUT2D eigenvalue weighted by Gasteiger charge is 2.26. The molecule has 194 valence electrons. The molecule has 2 heterocycles. The van der Waals surface area contributed by atoms with Gasteiger partial charge in [0.1, 0.15) is 17.5 Å². The predicted molar refractivity (Wildman–Crippen MR) is 129 cm³/mol. The number of rotatable bonds is 8. The fourth-order valence-corrected chi connectivity index (χ4v) is 3.84. The summed E-state index contributed by atoms with van der Waals surface area (Å²) in [5, 5.41) is 14.6. The Hall–Kier alpha value is -3.66. The number of carbonyl (C=O) groups is 3. The minimum atomic E-state index is -0.867. The lowest BCUT2D eigenvalue weighted by molar-refractivity contribution is -0.137. The Labute approximate surface area is 209 Å². The first-order valence-corrected chi connectivity index (χ1v) is 12.0. The summed E-state index contributed by atoms with van der Waals surface area (Å²) in [6.07, 6.45) is 1.25. The molecule has 10 heteroatoms. The van der Waals surface area contributed by atoms with Gasteiger partial charge in [-0.05, 0) is 48.2 Å². The van der Waals surface area contributed by atoms with Crippen molar-refractivity contribution >= 4 is 17.7 Å². The van der Waals surface area contributed by atoms with Gasteiger partial charge in [0.2, 0.25) is 17.7 Å². The third kappa shape index (κ3) is 8.53. The number of amides is 3. The van der Waals surface area contributed by atoms with Crippen LogP contribution in [0, 0.1) is 5.92 Å². The molecule has 0 unspecified atom stereocenters. The molecule has 4 N–H and O–H groups in total. The Kier molecular flexibility index (Phi) is 10.5. The lowest BCUT2D eigenvalue weighted by Crippen LogP contribution is -2.48. The summed E-state index contributed by atoms with van der Waals surface area (Å²) >= 11 is 0. The van der Waals surface area contributed by atoms with E-state index in [-0.39, 0.29) is 25.3 Å². The van der Waals surface area contributed by atoms with E-state index >= 15 is 0 Å². The quantitative estimate of drug-likeness (QED) is 0.250. The van der Waals surface area contributed by atoms with E-state index in [4.69, 9.17) is 14.7 Å². The Bertz CT molecular complexity index is 1000. The second-order valence-corrected chi connectivity index (χ2v) is 8.59. The Balaban J connectivity index is 1.67. The van der Waals surface area contributed by atoms with E-state index in [1.807, 2.05) is 12.1 Å². The van der Waals surface area contributed by atoms with Crippen molar-refractivity contribution in [3.63, 3.8) is 0 Å². The number of fused-ring (bicyclic) bond motifs is 11. The van der Waals surface area contributed by atoms with Crippen LogP contribution in [-0.2, 0) is 27.3 Å². The average Bonchev–Trinajstić information content (AvgIpc) is 2.89. The van der Waals surface area contributed by atoms with Gasteiger partial charge < -0.3 is 20.1 Å². The molecule has 0 saturated heterocycles. The highest BCUT2D eigenvalue weighted by molar-refractivity contribution is 5.90. The molecule has 3 amide bonds. The molecule has 0 spiro atoms. The number of hydroxylamine groups is 1. The summed E-state index contributed by atoms with van der Waals surface area (Å²) in [5.41, 5.74) is 3.27. The zero-order valence-electron chi connectivity index (χ0n) is 20.0. The molecule has 0 fully saturated rings. The second-order valence-electron chi connectivity index (χ2n) is 8.59. The van der Waals surface area contributed by atoms with Crippen molar-refractivity contribution in [3.8, 4) is 11.5 Å². The number of ether oxygens (including phenoxy) is 2. The van der Waals surface area contributed by atoms with Crippen LogP contribution in [0.2, 0.25) is 0 Å². The molecule has 9 nitrogen and oxygen atoms in total. The lowest BCUT2D eigenvalue weighted by Gasteiger charge is -2.21. The van der Waals surface area contributed by atoms with Crippen LogP contribution >= 0.6 is 0 Å². The molecule has 0 radical (unpaired) electrons. The first kappa shape index (κ1) is 26.9. The summed E-state index contributed by atoms with van der Waals surface area (Å²) < 4.78 is 23.3. The maximum Gasteiger partial charge on any atom is 0.246 e. The molecular formula is C26H32FN3O6. The van der Waals surface area contributed by atoms with E-state index in [2.05, 4.69) is 10.6 Å². The van der Waals surface area contributed by atoms with E-state index in [0.29, 0.717) is 44.0 Å². The zero-order valence-corrected chi connectivity index (χ0v) is 20.0. The van der Waals surface area contributed by atoms with E-state index < -0.39 is 30.4 Å². The van der Waals surface area contributed by atoms with Crippen LogP contribution < -0.4 is 25.6 Å². The monoisotopic (exact) mass is 501 g/mol. The van der Waals surface area contributed by atoms with Crippen LogP contribution in [-0.4, -0.2) is 48.9 Å². The highest BCUT2D eigenvalue weighted by atomic mass is 19.1. The molecule has 0 saturated carbocycles. The fourth-order valence-electron chi connectivity index (χ4n) is 3.84. The molecule has 2 bridgehead atoms. The summed E-state index contributed by atoms with van der Waals surface area (Å²) in [5.74, 6) is -0.960. The summed E-state index contributed by atoms with van der Waals surface area (Å²) in [6.45, 7) is 0.459. The molecule has 36 heavy (non-hydrogen) atoms. The minimum Gasteiger partial charge on any atom is -0.494 e. The van der Waals surface area contributed by atoms with Crippen molar-refractivity contribution in [2.45, 2.75) is 44.7 Å². The number of alkyl halides is 1. The van der Waals surface area contributed by atoms with Crippen molar-refractivity contribution in [1.82, 2.24) is 16.1 Å². The normalized spacial score (nSPS) is 18.3. The van der Waals surface area contributed by atoms with Crippen molar-refractivity contribution in [2.24, 2.45) is 5.92 Å². The maximum atomic E-state index is 13.0. The van der Waals surface area contributed by atoms with Crippen LogP contribution in [0.5, 0.6) is 11.5 Å². The van der Waals surface area contributed by atoms with Crippen molar-refractivity contribution in [3.05, 3.63) is 59.7 Å². The van der Waals surface area contributed by atoms with Gasteiger partial charge in [-0.1, -0.05) is 24.3 Å². The van der Waals surface area contributed by atoms with E-state index in [0.717, 1.165) is 11.1 Å². The van der Waals surface area contributed by atoms with Gasteiger partial charge in [-0.2, -0.15) is 0 Å². The van der Waals surface area contributed by atoms with E-state index in [1.165, 1.54) is 0 Å². The van der Waals surface area contributed by atoms with Gasteiger partial charge in [-0.3, -0.25) is 24.0 Å². The highest BCUT2D eigenvalue weighted by Crippen LogP contribution is 2.18. The van der Waals surface area contributed by atoms with Crippen molar-refractivity contribution in [2.75, 3.05) is 19.9 Å². The number of halogens is 1. The Morgan fingerprint density at radius 2 is 1.83 bits per heavy atom. The van der Waals surface area contributed by atoms with Gasteiger partial charge in [0.05, 0.1) is 19.9 Å². The third-order valence-electron chi connectivity index (χ3n) is 5.83. The molecule has 4 rings (SSSR count). The van der Waals surface area contributed by atoms with Gasteiger partial charge in [-0.15, -0.1) is 0 Å². The number of nitrogens with one attached hydrogen (secondary N) is 3. The zero-order chi connectivity index (χ0) is 25.8. The molecule has 2 aromatic carbocycles. The Morgan fingerprint density at radius 1 is 1.08 bits per heavy atom. The lowest BCUT2D eigenvalue weighted by atomic mass is 9.97. The SMILES string of the molecule is O=C1C[C@@H](C(=O)NO)CCCOc2ccc(cc2)C[C@@H](C(=O)NCc2ccc(OCCCF)cc2)N1. The first-order chi connectivity index (χ1) is 17.5. The fraction of sp³-hybridized carbons (Fsp3) is 0.423. The Morgan fingerprint density at radius 3 is 2.53 bits per heavy atom. The van der Waals surface area contributed by atoms with Crippen molar-refractivity contribution < 1.29 is 33.5 Å². The van der Waals surface area contributed by atoms with Gasteiger partial charge in [0.15, 0.2) is 0 Å². The van der Waals surface area contributed by atoms with Gasteiger partial charge in [-0.25, -0.2) is 5.48 Å². The molecular weight excluding hydrogens is 469 g/mol. The van der Waals surface area contributed by atoms with Crippen LogP contribution in [0.25, 0.3) is 0 Å². The third-order valence-corrected chi connectivity index (χ3v) is 5.83. The van der Waals surface area contributed by atoms with Crippen LogP contribution in [0.4, 0.5) is 4.39 Å². The van der Waals surface area contributed by atoms with Gasteiger partial charge in [0.25, 0.3) is 0 Å². The predicted octanol–water partition coefficient (Wildman–Crippen LogP) is 2.45. The summed E-state index contributed by atoms with van der Waals surface area (Å²) in [6, 6.07) is 13.5. The number of benzene rings is 2. The summed E-state index contributed by atoms with van der Waals surface area (Å²) in [7, 11) is 0. The first-order valence-electron chi connectivity index (χ1n) is 12.0. The molecule has 0 aliphatic carbocycles. The van der Waals surface area contributed by atoms with Crippen LogP contribution in [0.15, 0.2) is 48.5 Å². The van der Waals surface area contributed by atoms with Gasteiger partial charge >= 0.3 is 0 Å². The smallest absolute Gasteiger partial charge is 0.246 e. The standard InChI is InChI=1S/C26H32FN3O6/c27-12-2-14-36-22-10-6-19(7-11-22)17-28-26(33)23-15-18-4-8-21(9-5-18)35-13-1-3-20(25(32)30-34)16-24(31)29-23/h4-11,20,23,34H,1-3,12-17H2,(H,28,33)(H,29,31)(H,30,32)/t20-,23-/m0/s1. The van der Waals surface area contributed by atoms with E-state index in [9.17, 15) is 18.8 Å². The number of hydrogen-bond donors (Lipinski definition) is 4. The number of carbonyl (C=O) groups excluding carboxylic acids is 3. The molecule has 2 aromatic rings. The summed E-state index contributed by atoms with van der Waals surface area (Å²) in [4.78, 5) is 37.8. The average molecular weight is 502 g/mol. The second kappa shape index (κ2) is 14.0. The van der Waals surface area contributed by atoms with Gasteiger partial charge in [0, 0.05) is 31.7 Å².